The van der Waals surface area contributed by atoms with Gasteiger partial charge in [0.15, 0.2) is 6.10 Å². The van der Waals surface area contributed by atoms with Crippen LogP contribution < -0.4 is 10.1 Å². The van der Waals surface area contributed by atoms with Crippen LogP contribution in [0.5, 0.6) is 5.75 Å². The molecule has 2 aliphatic rings. The first-order valence-electron chi connectivity index (χ1n) is 9.33. The number of nitrogens with zero attached hydrogens (tertiary/aromatic N) is 1. The smallest absolute Gasteiger partial charge is 0.264 e. The summed E-state index contributed by atoms with van der Waals surface area (Å²) < 4.78 is 5.88. The van der Waals surface area contributed by atoms with Crippen molar-refractivity contribution in [2.75, 3.05) is 6.54 Å². The largest absolute Gasteiger partial charge is 0.481 e. The molecule has 136 valence electrons. The second-order valence-electron chi connectivity index (χ2n) is 7.46. The van der Waals surface area contributed by atoms with Crippen LogP contribution in [0.1, 0.15) is 57.9 Å². The van der Waals surface area contributed by atoms with E-state index < -0.39 is 6.10 Å². The molecule has 1 saturated heterocycles. The summed E-state index contributed by atoms with van der Waals surface area (Å²) >= 11 is 0. The highest BCUT2D eigenvalue weighted by atomic mass is 16.5. The van der Waals surface area contributed by atoms with E-state index in [1.807, 2.05) is 18.2 Å². The van der Waals surface area contributed by atoms with Crippen LogP contribution >= 0.6 is 0 Å². The highest BCUT2D eigenvalue weighted by Crippen LogP contribution is 2.25. The lowest BCUT2D eigenvalue weighted by molar-refractivity contribution is -0.143. The number of hydrogen-bond donors (Lipinski definition) is 1. The Morgan fingerprint density at radius 2 is 1.96 bits per heavy atom. The molecule has 1 heterocycles. The molecule has 2 fully saturated rings. The molecular formula is C20H28N2O3. The molecule has 3 rings (SSSR count). The SMILES string of the molecule is CC(Oc1cccc(C(C)C)c1)C(=O)N1CCCC1C(=O)NC1CC1. The second kappa shape index (κ2) is 7.46. The zero-order valence-electron chi connectivity index (χ0n) is 15.3. The van der Waals surface area contributed by atoms with Gasteiger partial charge >= 0.3 is 0 Å². The van der Waals surface area contributed by atoms with Gasteiger partial charge in [0, 0.05) is 12.6 Å². The maximum atomic E-state index is 12.8. The van der Waals surface area contributed by atoms with Gasteiger partial charge in [0.2, 0.25) is 5.91 Å². The maximum Gasteiger partial charge on any atom is 0.264 e. The van der Waals surface area contributed by atoms with Crippen LogP contribution in [0.3, 0.4) is 0 Å². The van der Waals surface area contributed by atoms with Gasteiger partial charge in [-0.1, -0.05) is 26.0 Å². The van der Waals surface area contributed by atoms with Crippen molar-refractivity contribution in [3.8, 4) is 5.75 Å². The van der Waals surface area contributed by atoms with Crippen molar-refractivity contribution >= 4 is 11.8 Å². The summed E-state index contributed by atoms with van der Waals surface area (Å²) in [4.78, 5) is 26.9. The first kappa shape index (κ1) is 17.8. The van der Waals surface area contributed by atoms with Crippen LogP contribution in [0.25, 0.3) is 0 Å². The number of benzene rings is 1. The van der Waals surface area contributed by atoms with Crippen molar-refractivity contribution in [3.05, 3.63) is 29.8 Å². The number of amides is 2. The summed E-state index contributed by atoms with van der Waals surface area (Å²) in [5.74, 6) is 0.986. The molecule has 1 N–H and O–H groups in total. The highest BCUT2D eigenvalue weighted by Gasteiger charge is 2.38. The Morgan fingerprint density at radius 3 is 2.64 bits per heavy atom. The van der Waals surface area contributed by atoms with E-state index in [0.29, 0.717) is 24.3 Å². The van der Waals surface area contributed by atoms with Gasteiger partial charge in [-0.3, -0.25) is 9.59 Å². The standard InChI is InChI=1S/C20H28N2O3/c1-13(2)15-6-4-7-17(12-15)25-14(3)20(24)22-11-5-8-18(22)19(23)21-16-9-10-16/h4,6-7,12-14,16,18H,5,8-11H2,1-3H3,(H,21,23). The van der Waals surface area contributed by atoms with E-state index in [0.717, 1.165) is 25.7 Å². The van der Waals surface area contributed by atoms with Gasteiger partial charge in [0.25, 0.3) is 5.91 Å². The van der Waals surface area contributed by atoms with E-state index in [1.54, 1.807) is 11.8 Å². The molecule has 1 aliphatic carbocycles. The Bertz CT molecular complexity index is 640. The molecule has 1 aromatic carbocycles. The van der Waals surface area contributed by atoms with Crippen molar-refractivity contribution < 1.29 is 14.3 Å². The molecule has 2 atom stereocenters. The Labute approximate surface area is 149 Å². The molecule has 0 bridgehead atoms. The fourth-order valence-corrected chi connectivity index (χ4v) is 3.26. The van der Waals surface area contributed by atoms with Crippen molar-refractivity contribution in [1.82, 2.24) is 10.2 Å². The summed E-state index contributed by atoms with van der Waals surface area (Å²) in [6.45, 7) is 6.64. The molecule has 2 unspecified atom stereocenters. The zero-order chi connectivity index (χ0) is 18.0. The Morgan fingerprint density at radius 1 is 1.20 bits per heavy atom. The normalized spacial score (nSPS) is 21.3. The summed E-state index contributed by atoms with van der Waals surface area (Å²) in [5, 5.41) is 3.02. The molecule has 2 amide bonds. The monoisotopic (exact) mass is 344 g/mol. The molecule has 0 spiro atoms. The minimum Gasteiger partial charge on any atom is -0.481 e. The van der Waals surface area contributed by atoms with Gasteiger partial charge < -0.3 is 15.0 Å². The van der Waals surface area contributed by atoms with Crippen molar-refractivity contribution in [2.24, 2.45) is 0 Å². The predicted octanol–water partition coefficient (Wildman–Crippen LogP) is 2.85. The van der Waals surface area contributed by atoms with Crippen molar-refractivity contribution in [2.45, 2.75) is 70.6 Å². The van der Waals surface area contributed by atoms with Gasteiger partial charge in [-0.15, -0.1) is 0 Å². The summed E-state index contributed by atoms with van der Waals surface area (Å²) in [5.41, 5.74) is 1.18. The van der Waals surface area contributed by atoms with Crippen LogP contribution in [0.4, 0.5) is 0 Å². The third kappa shape index (κ3) is 4.33. The van der Waals surface area contributed by atoms with Crippen LogP contribution in [0.2, 0.25) is 0 Å². The van der Waals surface area contributed by atoms with Crippen LogP contribution in [0.15, 0.2) is 24.3 Å². The Kier molecular flexibility index (Phi) is 5.30. The first-order valence-corrected chi connectivity index (χ1v) is 9.33. The maximum absolute atomic E-state index is 12.8. The molecule has 1 aliphatic heterocycles. The summed E-state index contributed by atoms with van der Waals surface area (Å²) in [6.07, 6.45) is 3.11. The summed E-state index contributed by atoms with van der Waals surface area (Å²) in [6, 6.07) is 7.83. The topological polar surface area (TPSA) is 58.6 Å². The van der Waals surface area contributed by atoms with Gasteiger partial charge in [0.1, 0.15) is 11.8 Å². The van der Waals surface area contributed by atoms with E-state index in [2.05, 4.69) is 25.2 Å². The molecule has 25 heavy (non-hydrogen) atoms. The summed E-state index contributed by atoms with van der Waals surface area (Å²) in [7, 11) is 0. The van der Waals surface area contributed by atoms with Crippen molar-refractivity contribution in [1.29, 1.82) is 0 Å². The average molecular weight is 344 g/mol. The number of nitrogens with one attached hydrogen (secondary N) is 1. The Balaban J connectivity index is 1.62. The van der Waals surface area contributed by atoms with Gasteiger partial charge in [0.05, 0.1) is 0 Å². The van der Waals surface area contributed by atoms with Crippen molar-refractivity contribution in [3.63, 3.8) is 0 Å². The average Bonchev–Trinajstić information content (AvgIpc) is 3.26. The number of rotatable bonds is 6. The molecule has 1 aromatic rings. The number of ether oxygens (including phenoxy) is 1. The van der Waals surface area contributed by atoms with E-state index in [-0.39, 0.29) is 17.9 Å². The van der Waals surface area contributed by atoms with E-state index in [9.17, 15) is 9.59 Å². The third-order valence-corrected chi connectivity index (χ3v) is 4.95. The number of hydrogen-bond acceptors (Lipinski definition) is 3. The van der Waals surface area contributed by atoms with Crippen LogP contribution in [0, 0.1) is 0 Å². The van der Waals surface area contributed by atoms with E-state index in [1.165, 1.54) is 5.56 Å². The number of carbonyl (C=O) groups excluding carboxylic acids is 2. The van der Waals surface area contributed by atoms with Gasteiger partial charge in [-0.2, -0.15) is 0 Å². The molecule has 0 aromatic heterocycles. The predicted molar refractivity (Wildman–Crippen MR) is 96.5 cm³/mol. The third-order valence-electron chi connectivity index (χ3n) is 4.95. The first-order chi connectivity index (χ1) is 12.0. The van der Waals surface area contributed by atoms with Crippen LogP contribution in [-0.2, 0) is 9.59 Å². The lowest BCUT2D eigenvalue weighted by atomic mass is 10.0. The fourth-order valence-electron chi connectivity index (χ4n) is 3.26. The molecule has 5 nitrogen and oxygen atoms in total. The quantitative estimate of drug-likeness (QED) is 0.863. The van der Waals surface area contributed by atoms with Gasteiger partial charge in [-0.05, 0) is 56.2 Å². The zero-order valence-corrected chi connectivity index (χ0v) is 15.3. The molecule has 5 heteroatoms. The second-order valence-corrected chi connectivity index (χ2v) is 7.46. The minimum atomic E-state index is -0.600. The highest BCUT2D eigenvalue weighted by molar-refractivity contribution is 5.90. The lowest BCUT2D eigenvalue weighted by Crippen LogP contribution is -2.50. The molecular weight excluding hydrogens is 316 g/mol. The van der Waals surface area contributed by atoms with Crippen LogP contribution in [-0.4, -0.2) is 41.4 Å². The lowest BCUT2D eigenvalue weighted by Gasteiger charge is -2.27. The minimum absolute atomic E-state index is 0.0117. The molecule has 0 radical (unpaired) electrons. The number of likely N-dealkylation sites (tertiary alicyclic amines) is 1. The van der Waals surface area contributed by atoms with E-state index >= 15 is 0 Å². The number of carbonyl (C=O) groups is 2. The van der Waals surface area contributed by atoms with E-state index in [4.69, 9.17) is 4.74 Å². The Hall–Kier alpha value is -2.04. The van der Waals surface area contributed by atoms with Gasteiger partial charge in [-0.25, -0.2) is 0 Å². The fraction of sp³-hybridized carbons (Fsp3) is 0.600. The molecule has 1 saturated carbocycles.